The van der Waals surface area contributed by atoms with Gasteiger partial charge in [0.05, 0.1) is 5.56 Å². The molecule has 3 aliphatic carbocycles. The van der Waals surface area contributed by atoms with E-state index in [4.69, 9.17) is 0 Å². The number of pyridine rings is 1. The van der Waals surface area contributed by atoms with E-state index in [1.165, 1.54) is 5.56 Å². The summed E-state index contributed by atoms with van der Waals surface area (Å²) in [6.07, 6.45) is 9.53. The number of nitrogens with zero attached hydrogens (tertiary/aromatic N) is 1. The third-order valence-corrected chi connectivity index (χ3v) is 5.83. The molecular formula is C21H22N2O. The monoisotopic (exact) mass is 318 g/mol. The van der Waals surface area contributed by atoms with E-state index in [0.29, 0.717) is 11.0 Å². The molecule has 3 saturated carbocycles. The summed E-state index contributed by atoms with van der Waals surface area (Å²) < 4.78 is 0. The highest BCUT2D eigenvalue weighted by Gasteiger charge is 2.70. The van der Waals surface area contributed by atoms with Gasteiger partial charge in [-0.15, -0.1) is 6.58 Å². The number of carbonyl (C=O) groups is 1. The first-order valence-corrected chi connectivity index (χ1v) is 8.55. The molecule has 0 saturated heterocycles. The van der Waals surface area contributed by atoms with Crippen molar-refractivity contribution in [2.24, 2.45) is 5.41 Å². The summed E-state index contributed by atoms with van der Waals surface area (Å²) in [6.45, 7) is 3.88. The van der Waals surface area contributed by atoms with Crippen LogP contribution < -0.4 is 5.32 Å². The van der Waals surface area contributed by atoms with Crippen LogP contribution in [-0.4, -0.2) is 16.9 Å². The summed E-state index contributed by atoms with van der Waals surface area (Å²) in [5.41, 5.74) is 2.65. The molecule has 1 aromatic carbocycles. The fraction of sp³-hybridized carbons (Fsp3) is 0.333. The van der Waals surface area contributed by atoms with Crippen molar-refractivity contribution in [2.45, 2.75) is 37.1 Å². The van der Waals surface area contributed by atoms with Crippen molar-refractivity contribution >= 4 is 5.91 Å². The van der Waals surface area contributed by atoms with Crippen molar-refractivity contribution in [1.82, 2.24) is 10.3 Å². The Bertz CT molecular complexity index is 734. The molecule has 2 aromatic rings. The predicted octanol–water partition coefficient (Wildman–Crippen LogP) is 3.88. The van der Waals surface area contributed by atoms with Crippen LogP contribution in [0.3, 0.4) is 0 Å². The first-order valence-electron chi connectivity index (χ1n) is 8.55. The lowest BCUT2D eigenvalue weighted by atomic mass is 9.31. The summed E-state index contributed by atoms with van der Waals surface area (Å²) in [5, 5.41) is 3.23. The van der Waals surface area contributed by atoms with Gasteiger partial charge in [0.2, 0.25) is 0 Å². The van der Waals surface area contributed by atoms with E-state index in [1.807, 2.05) is 6.08 Å². The Morgan fingerprint density at radius 3 is 2.58 bits per heavy atom. The molecule has 1 atom stereocenters. The van der Waals surface area contributed by atoms with Gasteiger partial charge in [0.25, 0.3) is 5.91 Å². The smallest absolute Gasteiger partial charge is 0.253 e. The molecule has 0 radical (unpaired) electrons. The van der Waals surface area contributed by atoms with Crippen LogP contribution in [0.15, 0.2) is 67.5 Å². The maximum absolute atomic E-state index is 12.5. The maximum Gasteiger partial charge on any atom is 0.253 e. The molecule has 2 bridgehead atoms. The van der Waals surface area contributed by atoms with Crippen LogP contribution in [0.1, 0.15) is 41.6 Å². The minimum absolute atomic E-state index is 0.0339. The first kappa shape index (κ1) is 15.1. The molecule has 0 aliphatic heterocycles. The average molecular weight is 318 g/mol. The number of amides is 1. The van der Waals surface area contributed by atoms with Gasteiger partial charge < -0.3 is 5.32 Å². The average Bonchev–Trinajstić information content (AvgIpc) is 2.54. The van der Waals surface area contributed by atoms with E-state index in [-0.39, 0.29) is 17.4 Å². The first-order chi connectivity index (χ1) is 11.7. The van der Waals surface area contributed by atoms with Gasteiger partial charge in [0.1, 0.15) is 0 Å². The van der Waals surface area contributed by atoms with Crippen molar-refractivity contribution in [1.29, 1.82) is 0 Å². The number of aromatic nitrogens is 1. The van der Waals surface area contributed by atoms with E-state index in [9.17, 15) is 4.79 Å². The van der Waals surface area contributed by atoms with Gasteiger partial charge >= 0.3 is 0 Å². The predicted molar refractivity (Wildman–Crippen MR) is 94.7 cm³/mol. The number of hydrogen-bond donors (Lipinski definition) is 1. The number of benzene rings is 1. The van der Waals surface area contributed by atoms with Gasteiger partial charge in [-0.1, -0.05) is 36.4 Å². The van der Waals surface area contributed by atoms with Crippen molar-refractivity contribution in [3.63, 3.8) is 0 Å². The Morgan fingerprint density at radius 1 is 1.21 bits per heavy atom. The highest BCUT2D eigenvalue weighted by molar-refractivity contribution is 5.94. The molecule has 3 aliphatic rings. The van der Waals surface area contributed by atoms with Crippen LogP contribution in [0.4, 0.5) is 0 Å². The summed E-state index contributed by atoms with van der Waals surface area (Å²) in [6, 6.07) is 14.5. The zero-order chi connectivity index (χ0) is 16.6. The zero-order valence-corrected chi connectivity index (χ0v) is 13.7. The van der Waals surface area contributed by atoms with Gasteiger partial charge in [-0.25, -0.2) is 0 Å². The molecule has 0 spiro atoms. The van der Waals surface area contributed by atoms with Gasteiger partial charge in [-0.05, 0) is 54.2 Å². The molecule has 5 rings (SSSR count). The molecule has 1 N–H and O–H groups in total. The van der Waals surface area contributed by atoms with Crippen LogP contribution in [0.5, 0.6) is 0 Å². The van der Waals surface area contributed by atoms with E-state index in [1.54, 1.807) is 24.5 Å². The molecular weight excluding hydrogens is 296 g/mol. The lowest BCUT2D eigenvalue weighted by Gasteiger charge is -2.73. The maximum atomic E-state index is 12.5. The second-order valence-corrected chi connectivity index (χ2v) is 7.33. The largest absolute Gasteiger partial charge is 0.348 e. The summed E-state index contributed by atoms with van der Waals surface area (Å²) in [4.78, 5) is 16.5. The van der Waals surface area contributed by atoms with E-state index < -0.39 is 0 Å². The van der Waals surface area contributed by atoms with Crippen LogP contribution in [0.2, 0.25) is 0 Å². The molecule has 1 heterocycles. The zero-order valence-electron chi connectivity index (χ0n) is 13.7. The molecule has 1 unspecified atom stereocenters. The Kier molecular flexibility index (Phi) is 3.52. The van der Waals surface area contributed by atoms with Gasteiger partial charge in [-0.2, -0.15) is 0 Å². The highest BCUT2D eigenvalue weighted by atomic mass is 16.1. The van der Waals surface area contributed by atoms with Gasteiger partial charge in [-0.3, -0.25) is 9.78 Å². The third kappa shape index (κ3) is 2.27. The van der Waals surface area contributed by atoms with E-state index >= 15 is 0 Å². The SMILES string of the molecule is C=CCC(NC(=O)c1cccnc1)C12CC(c3ccccc3)(C1)C2. The molecule has 122 valence electrons. The Labute approximate surface area is 142 Å². The van der Waals surface area contributed by atoms with Gasteiger partial charge in [0, 0.05) is 18.4 Å². The number of nitrogens with one attached hydrogen (secondary N) is 1. The lowest BCUT2D eigenvalue weighted by Crippen LogP contribution is -2.71. The Hall–Kier alpha value is -2.42. The van der Waals surface area contributed by atoms with Crippen molar-refractivity contribution in [2.75, 3.05) is 0 Å². The number of rotatable bonds is 6. The van der Waals surface area contributed by atoms with Crippen LogP contribution in [-0.2, 0) is 5.41 Å². The minimum Gasteiger partial charge on any atom is -0.348 e. The highest BCUT2D eigenvalue weighted by Crippen LogP contribution is 2.75. The van der Waals surface area contributed by atoms with Crippen molar-refractivity contribution in [3.8, 4) is 0 Å². The summed E-state index contributed by atoms with van der Waals surface area (Å²) >= 11 is 0. The number of carbonyl (C=O) groups excluding carboxylic acids is 1. The Balaban J connectivity index is 1.47. The van der Waals surface area contributed by atoms with Gasteiger partial charge in [0.15, 0.2) is 0 Å². The minimum atomic E-state index is -0.0339. The van der Waals surface area contributed by atoms with Crippen LogP contribution in [0, 0.1) is 5.41 Å². The summed E-state index contributed by atoms with van der Waals surface area (Å²) in [7, 11) is 0. The lowest BCUT2D eigenvalue weighted by molar-refractivity contribution is -0.161. The second-order valence-electron chi connectivity index (χ2n) is 7.33. The fourth-order valence-corrected chi connectivity index (χ4v) is 4.70. The molecule has 1 amide bonds. The Morgan fingerprint density at radius 2 is 1.96 bits per heavy atom. The molecule has 1 aromatic heterocycles. The molecule has 3 nitrogen and oxygen atoms in total. The fourth-order valence-electron chi connectivity index (χ4n) is 4.70. The standard InChI is InChI=1S/C21H22N2O/c1-2-7-18(23-19(24)16-8-6-11-22-12-16)21-13-20(14-21,15-21)17-9-4-3-5-10-17/h2-6,8-12,18H,1,7,13-15H2,(H,23,24). The van der Waals surface area contributed by atoms with Crippen LogP contribution >= 0.6 is 0 Å². The molecule has 3 fully saturated rings. The third-order valence-electron chi connectivity index (χ3n) is 5.83. The molecule has 24 heavy (non-hydrogen) atoms. The van der Waals surface area contributed by atoms with Crippen molar-refractivity contribution in [3.05, 3.63) is 78.6 Å². The topological polar surface area (TPSA) is 42.0 Å². The molecule has 3 heteroatoms. The van der Waals surface area contributed by atoms with E-state index in [0.717, 1.165) is 25.7 Å². The van der Waals surface area contributed by atoms with E-state index in [2.05, 4.69) is 47.2 Å². The second kappa shape index (κ2) is 5.59. The number of hydrogen-bond acceptors (Lipinski definition) is 2. The van der Waals surface area contributed by atoms with Crippen LogP contribution in [0.25, 0.3) is 0 Å². The summed E-state index contributed by atoms with van der Waals surface area (Å²) in [5.74, 6) is -0.0339. The normalized spacial score (nSPS) is 28.2. The van der Waals surface area contributed by atoms with Crippen molar-refractivity contribution < 1.29 is 4.79 Å². The quantitative estimate of drug-likeness (QED) is 0.821.